The molecule has 1 N–H and O–H groups in total. The van der Waals surface area contributed by atoms with Crippen molar-refractivity contribution in [3.05, 3.63) is 24.0 Å². The molecule has 0 saturated carbocycles. The van der Waals surface area contributed by atoms with E-state index in [1.54, 1.807) is 14.0 Å². The van der Waals surface area contributed by atoms with Gasteiger partial charge in [0.05, 0.1) is 17.7 Å². The first-order valence-electron chi connectivity index (χ1n) is 6.04. The highest BCUT2D eigenvalue weighted by atomic mass is 19.4. The summed E-state index contributed by atoms with van der Waals surface area (Å²) in [7, 11) is 1.54. The molecular weight excluding hydrogens is 287 g/mol. The summed E-state index contributed by atoms with van der Waals surface area (Å²) < 4.78 is 44.2. The molecule has 9 heteroatoms. The van der Waals surface area contributed by atoms with Crippen LogP contribution in [0.3, 0.4) is 0 Å². The summed E-state index contributed by atoms with van der Waals surface area (Å²) in [5.74, 6) is -0.0429. The van der Waals surface area contributed by atoms with Gasteiger partial charge < -0.3 is 10.1 Å². The van der Waals surface area contributed by atoms with Gasteiger partial charge in [-0.2, -0.15) is 28.1 Å². The van der Waals surface area contributed by atoms with E-state index in [9.17, 15) is 13.2 Å². The van der Waals surface area contributed by atoms with E-state index in [1.165, 1.54) is 0 Å². The molecule has 0 spiro atoms. The van der Waals surface area contributed by atoms with Gasteiger partial charge in [0.25, 0.3) is 0 Å². The van der Waals surface area contributed by atoms with Crippen LogP contribution in [0.4, 0.5) is 19.1 Å². The van der Waals surface area contributed by atoms with Crippen molar-refractivity contribution in [1.29, 1.82) is 0 Å². The summed E-state index contributed by atoms with van der Waals surface area (Å²) in [6.07, 6.45) is -2.40. The molecule has 0 aromatic carbocycles. The quantitative estimate of drug-likeness (QED) is 0.934. The van der Waals surface area contributed by atoms with Crippen molar-refractivity contribution in [2.45, 2.75) is 13.1 Å². The largest absolute Gasteiger partial charge is 0.464 e. The van der Waals surface area contributed by atoms with Crippen LogP contribution in [-0.2, 0) is 6.18 Å². The first kappa shape index (κ1) is 14.9. The molecule has 0 fully saturated rings. The van der Waals surface area contributed by atoms with E-state index in [0.717, 1.165) is 18.5 Å². The smallest absolute Gasteiger partial charge is 0.417 e. The van der Waals surface area contributed by atoms with Crippen LogP contribution in [0.1, 0.15) is 12.5 Å². The lowest BCUT2D eigenvalue weighted by Crippen LogP contribution is -2.10. The van der Waals surface area contributed by atoms with Crippen molar-refractivity contribution in [3.8, 4) is 17.4 Å². The molecule has 0 atom stereocenters. The van der Waals surface area contributed by atoms with E-state index in [0.29, 0.717) is 0 Å². The van der Waals surface area contributed by atoms with Gasteiger partial charge in [0, 0.05) is 19.4 Å². The normalized spacial score (nSPS) is 11.3. The fourth-order valence-electron chi connectivity index (χ4n) is 1.60. The van der Waals surface area contributed by atoms with E-state index in [-0.39, 0.29) is 30.0 Å². The number of nitrogens with zero attached hydrogens (tertiary/aromatic N) is 4. The molecule has 6 nitrogen and oxygen atoms in total. The Labute approximate surface area is 118 Å². The number of hydrogen-bond acceptors (Lipinski definition) is 6. The number of aromatic nitrogens is 4. The highest BCUT2D eigenvalue weighted by Crippen LogP contribution is 2.35. The molecule has 2 rings (SSSR count). The number of pyridine rings is 1. The molecule has 21 heavy (non-hydrogen) atoms. The predicted molar refractivity (Wildman–Crippen MR) is 68.8 cm³/mol. The second-order valence-corrected chi connectivity index (χ2v) is 3.87. The van der Waals surface area contributed by atoms with Crippen LogP contribution in [0.15, 0.2) is 18.5 Å². The molecule has 0 saturated heterocycles. The zero-order valence-electron chi connectivity index (χ0n) is 11.3. The minimum Gasteiger partial charge on any atom is -0.464 e. The van der Waals surface area contributed by atoms with Gasteiger partial charge in [-0.3, -0.25) is 4.98 Å². The Bertz CT molecular complexity index is 633. The van der Waals surface area contributed by atoms with Crippen LogP contribution >= 0.6 is 0 Å². The van der Waals surface area contributed by atoms with E-state index < -0.39 is 11.7 Å². The number of alkyl halides is 3. The number of hydrogen-bond donors (Lipinski definition) is 1. The molecule has 112 valence electrons. The van der Waals surface area contributed by atoms with Gasteiger partial charge in [-0.1, -0.05) is 0 Å². The van der Waals surface area contributed by atoms with Gasteiger partial charge in [0.2, 0.25) is 5.95 Å². The maximum absolute atomic E-state index is 13.0. The van der Waals surface area contributed by atoms with Gasteiger partial charge in [-0.25, -0.2) is 0 Å². The Morgan fingerprint density at radius 3 is 2.62 bits per heavy atom. The Kier molecular flexibility index (Phi) is 4.20. The fourth-order valence-corrected chi connectivity index (χ4v) is 1.60. The average molecular weight is 299 g/mol. The Morgan fingerprint density at radius 2 is 2.00 bits per heavy atom. The molecule has 0 unspecified atom stereocenters. The third-order valence-electron chi connectivity index (χ3n) is 2.48. The lowest BCUT2D eigenvalue weighted by molar-refractivity contribution is -0.137. The van der Waals surface area contributed by atoms with E-state index in [4.69, 9.17) is 4.74 Å². The van der Waals surface area contributed by atoms with Crippen molar-refractivity contribution in [1.82, 2.24) is 19.9 Å². The summed E-state index contributed by atoms with van der Waals surface area (Å²) in [6.45, 7) is 2.00. The van der Waals surface area contributed by atoms with Crippen molar-refractivity contribution >= 4 is 5.95 Å². The summed E-state index contributed by atoms with van der Waals surface area (Å²) in [4.78, 5) is 15.4. The molecule has 2 aromatic heterocycles. The standard InChI is InChI=1S/C12H12F3N5O/c1-3-21-11-19-9(18-10(16-2)20-11)7-6-17-5-4-8(7)12(13,14)15/h4-6H,3H2,1-2H3,(H,16,18,19,20). The predicted octanol–water partition coefficient (Wildman–Crippen LogP) is 2.39. The molecule has 0 amide bonds. The lowest BCUT2D eigenvalue weighted by Gasteiger charge is -2.12. The van der Waals surface area contributed by atoms with Crippen LogP contribution in [0, 0.1) is 0 Å². The van der Waals surface area contributed by atoms with Crippen LogP contribution in [0.2, 0.25) is 0 Å². The van der Waals surface area contributed by atoms with Crippen LogP contribution in [0.25, 0.3) is 11.4 Å². The summed E-state index contributed by atoms with van der Waals surface area (Å²) in [5, 5.41) is 2.65. The summed E-state index contributed by atoms with van der Waals surface area (Å²) >= 11 is 0. The molecule has 2 heterocycles. The second kappa shape index (κ2) is 5.90. The topological polar surface area (TPSA) is 72.8 Å². The Hall–Kier alpha value is -2.45. The third kappa shape index (κ3) is 3.36. The van der Waals surface area contributed by atoms with Crippen molar-refractivity contribution in [2.24, 2.45) is 0 Å². The Morgan fingerprint density at radius 1 is 1.24 bits per heavy atom. The van der Waals surface area contributed by atoms with Crippen LogP contribution in [0.5, 0.6) is 6.01 Å². The fraction of sp³-hybridized carbons (Fsp3) is 0.333. The van der Waals surface area contributed by atoms with E-state index >= 15 is 0 Å². The lowest BCUT2D eigenvalue weighted by atomic mass is 10.1. The maximum Gasteiger partial charge on any atom is 0.417 e. The van der Waals surface area contributed by atoms with Gasteiger partial charge >= 0.3 is 12.2 Å². The summed E-state index contributed by atoms with van der Waals surface area (Å²) in [6, 6.07) is 0.822. The van der Waals surface area contributed by atoms with Gasteiger partial charge in [0.15, 0.2) is 5.82 Å². The second-order valence-electron chi connectivity index (χ2n) is 3.87. The molecular formula is C12H12F3N5O. The zero-order chi connectivity index (χ0) is 15.5. The first-order valence-corrected chi connectivity index (χ1v) is 6.04. The molecule has 0 radical (unpaired) electrons. The SMILES string of the molecule is CCOc1nc(NC)nc(-c2cnccc2C(F)(F)F)n1. The number of rotatable bonds is 4. The molecule has 0 bridgehead atoms. The molecule has 0 aliphatic heterocycles. The Balaban J connectivity index is 2.59. The highest BCUT2D eigenvalue weighted by Gasteiger charge is 2.34. The number of halogens is 3. The van der Waals surface area contributed by atoms with Gasteiger partial charge in [0.1, 0.15) is 0 Å². The van der Waals surface area contributed by atoms with Crippen molar-refractivity contribution < 1.29 is 17.9 Å². The number of ether oxygens (including phenoxy) is 1. The van der Waals surface area contributed by atoms with Crippen molar-refractivity contribution in [3.63, 3.8) is 0 Å². The zero-order valence-corrected chi connectivity index (χ0v) is 11.3. The van der Waals surface area contributed by atoms with Crippen LogP contribution in [-0.4, -0.2) is 33.6 Å². The van der Waals surface area contributed by atoms with Crippen molar-refractivity contribution in [2.75, 3.05) is 19.0 Å². The summed E-state index contributed by atoms with van der Waals surface area (Å²) in [5.41, 5.74) is -1.10. The maximum atomic E-state index is 13.0. The molecule has 2 aromatic rings. The van der Waals surface area contributed by atoms with Gasteiger partial charge in [-0.15, -0.1) is 0 Å². The minimum absolute atomic E-state index is 0.0520. The molecule has 0 aliphatic carbocycles. The van der Waals surface area contributed by atoms with Gasteiger partial charge in [-0.05, 0) is 13.0 Å². The number of anilines is 1. The first-order chi connectivity index (χ1) is 9.95. The van der Waals surface area contributed by atoms with E-state index in [1.807, 2.05) is 0 Å². The average Bonchev–Trinajstić information content (AvgIpc) is 2.46. The van der Waals surface area contributed by atoms with E-state index in [2.05, 4.69) is 25.3 Å². The number of nitrogens with one attached hydrogen (secondary N) is 1. The van der Waals surface area contributed by atoms with Crippen LogP contribution < -0.4 is 10.1 Å². The highest BCUT2D eigenvalue weighted by molar-refractivity contribution is 5.61. The molecule has 0 aliphatic rings. The third-order valence-corrected chi connectivity index (χ3v) is 2.48. The minimum atomic E-state index is -4.53. The monoisotopic (exact) mass is 299 g/mol.